The minimum atomic E-state index is -0.309. The van der Waals surface area contributed by atoms with Gasteiger partial charge < -0.3 is 10.6 Å². The molecule has 0 unspecified atom stereocenters. The molecule has 0 fully saturated rings. The van der Waals surface area contributed by atoms with Crippen LogP contribution in [0.25, 0.3) is 0 Å². The molecule has 0 heterocycles. The second-order valence-corrected chi connectivity index (χ2v) is 6.64. The van der Waals surface area contributed by atoms with Gasteiger partial charge in [-0.1, -0.05) is 44.2 Å². The lowest BCUT2D eigenvalue weighted by atomic mass is 10.0. The summed E-state index contributed by atoms with van der Waals surface area (Å²) >= 11 is 5.22. The van der Waals surface area contributed by atoms with Gasteiger partial charge in [0, 0.05) is 12.1 Å². The molecule has 2 aromatic rings. The summed E-state index contributed by atoms with van der Waals surface area (Å²) in [5, 5.41) is 8.38. The Balaban J connectivity index is 2.04. The molecule has 6 heteroatoms. The van der Waals surface area contributed by atoms with E-state index in [4.69, 9.17) is 12.2 Å². The summed E-state index contributed by atoms with van der Waals surface area (Å²) < 4.78 is 0. The third kappa shape index (κ3) is 5.76. The van der Waals surface area contributed by atoms with Crippen molar-refractivity contribution in [2.75, 3.05) is 11.9 Å². The number of nitrogens with one attached hydrogen (secondary N) is 3. The molecule has 140 valence electrons. The van der Waals surface area contributed by atoms with Crippen molar-refractivity contribution in [2.24, 2.45) is 0 Å². The molecule has 0 aliphatic heterocycles. The first-order valence-electron chi connectivity index (χ1n) is 8.62. The first kappa shape index (κ1) is 20.3. The van der Waals surface area contributed by atoms with Gasteiger partial charge in [-0.25, -0.2) is 0 Å². The molecule has 0 aliphatic rings. The Morgan fingerprint density at radius 1 is 1.07 bits per heavy atom. The number of thiocarbonyl (C=S) groups is 1. The van der Waals surface area contributed by atoms with Crippen molar-refractivity contribution in [3.8, 4) is 0 Å². The van der Waals surface area contributed by atoms with Crippen LogP contribution in [0.2, 0.25) is 0 Å². The molecule has 27 heavy (non-hydrogen) atoms. The number of carbonyl (C=O) groups is 2. The second kappa shape index (κ2) is 9.64. The Bertz CT molecular complexity index is 845. The Morgan fingerprint density at radius 2 is 1.74 bits per heavy atom. The van der Waals surface area contributed by atoms with Gasteiger partial charge in [0.05, 0.1) is 11.3 Å². The number of para-hydroxylation sites is 1. The molecule has 2 rings (SSSR count). The average Bonchev–Trinajstić information content (AvgIpc) is 2.66. The van der Waals surface area contributed by atoms with Crippen LogP contribution in [-0.2, 0) is 0 Å². The van der Waals surface area contributed by atoms with Crippen LogP contribution < -0.4 is 16.0 Å². The van der Waals surface area contributed by atoms with E-state index in [2.05, 4.69) is 36.4 Å². The minimum absolute atomic E-state index is 0.122. The highest BCUT2D eigenvalue weighted by Crippen LogP contribution is 2.16. The molecule has 5 nitrogen and oxygen atoms in total. The molecular formula is C21H23N3O2S. The van der Waals surface area contributed by atoms with Crippen LogP contribution in [0, 0.1) is 0 Å². The van der Waals surface area contributed by atoms with E-state index in [0.29, 0.717) is 29.3 Å². The molecular weight excluding hydrogens is 358 g/mol. The maximum absolute atomic E-state index is 12.4. The number of amides is 2. The van der Waals surface area contributed by atoms with Crippen molar-refractivity contribution in [1.82, 2.24) is 10.6 Å². The molecule has 0 aliphatic carbocycles. The van der Waals surface area contributed by atoms with E-state index in [9.17, 15) is 9.59 Å². The van der Waals surface area contributed by atoms with Crippen molar-refractivity contribution in [3.05, 3.63) is 77.9 Å². The number of carbonyl (C=O) groups excluding carboxylic acids is 2. The Hall–Kier alpha value is -2.99. The number of benzene rings is 2. The van der Waals surface area contributed by atoms with Crippen molar-refractivity contribution in [2.45, 2.75) is 19.8 Å². The van der Waals surface area contributed by atoms with E-state index in [-0.39, 0.29) is 16.9 Å². The van der Waals surface area contributed by atoms with Crippen LogP contribution in [0.4, 0.5) is 5.69 Å². The molecule has 2 amide bonds. The number of anilines is 1. The van der Waals surface area contributed by atoms with Crippen LogP contribution in [0.1, 0.15) is 46.0 Å². The Kier molecular flexibility index (Phi) is 7.25. The van der Waals surface area contributed by atoms with Gasteiger partial charge in [0.15, 0.2) is 5.11 Å². The molecule has 2 aromatic carbocycles. The summed E-state index contributed by atoms with van der Waals surface area (Å²) in [7, 11) is 0. The number of hydrogen-bond donors (Lipinski definition) is 3. The van der Waals surface area contributed by atoms with Gasteiger partial charge in [-0.2, -0.15) is 0 Å². The standard InChI is InChI=1S/C21H23N3O2S/c1-4-13-22-20(26)17-7-5-6-8-18(17)23-21(27)24-19(25)16-11-9-15(10-12-16)14(2)3/h4-12,14H,1,13H2,2-3H3,(H,22,26)(H2,23,24,25,27). The van der Waals surface area contributed by atoms with Crippen LogP contribution in [-0.4, -0.2) is 23.5 Å². The van der Waals surface area contributed by atoms with Crippen molar-refractivity contribution >= 4 is 34.8 Å². The van der Waals surface area contributed by atoms with Gasteiger partial charge in [-0.3, -0.25) is 14.9 Å². The highest BCUT2D eigenvalue weighted by molar-refractivity contribution is 7.80. The van der Waals surface area contributed by atoms with Crippen LogP contribution in [0.15, 0.2) is 61.2 Å². The monoisotopic (exact) mass is 381 g/mol. The lowest BCUT2D eigenvalue weighted by Crippen LogP contribution is -2.35. The zero-order valence-corrected chi connectivity index (χ0v) is 16.2. The first-order chi connectivity index (χ1) is 12.9. The molecule has 0 spiro atoms. The van der Waals surface area contributed by atoms with Gasteiger partial charge in [-0.15, -0.1) is 6.58 Å². The fourth-order valence-electron chi connectivity index (χ4n) is 2.40. The largest absolute Gasteiger partial charge is 0.349 e. The van der Waals surface area contributed by atoms with Crippen molar-refractivity contribution in [1.29, 1.82) is 0 Å². The fourth-order valence-corrected chi connectivity index (χ4v) is 2.60. The second-order valence-electron chi connectivity index (χ2n) is 6.23. The summed E-state index contributed by atoms with van der Waals surface area (Å²) in [6.07, 6.45) is 1.60. The van der Waals surface area contributed by atoms with E-state index in [0.717, 1.165) is 5.56 Å². The maximum atomic E-state index is 12.4. The number of rotatable bonds is 6. The van der Waals surface area contributed by atoms with E-state index >= 15 is 0 Å². The number of hydrogen-bond acceptors (Lipinski definition) is 3. The highest BCUT2D eigenvalue weighted by atomic mass is 32.1. The quantitative estimate of drug-likeness (QED) is 0.525. The van der Waals surface area contributed by atoms with Crippen LogP contribution >= 0.6 is 12.2 Å². The molecule has 0 saturated heterocycles. The summed E-state index contributed by atoms with van der Waals surface area (Å²) in [6.45, 7) is 8.12. The topological polar surface area (TPSA) is 70.2 Å². The average molecular weight is 382 g/mol. The minimum Gasteiger partial charge on any atom is -0.349 e. The van der Waals surface area contributed by atoms with Gasteiger partial charge in [0.2, 0.25) is 0 Å². The first-order valence-corrected chi connectivity index (χ1v) is 9.03. The molecule has 0 saturated carbocycles. The summed E-state index contributed by atoms with van der Waals surface area (Å²) in [6, 6.07) is 14.3. The third-order valence-corrected chi connectivity index (χ3v) is 4.10. The predicted octanol–water partition coefficient (Wildman–Crippen LogP) is 3.85. The van der Waals surface area contributed by atoms with Crippen molar-refractivity contribution in [3.63, 3.8) is 0 Å². The predicted molar refractivity (Wildman–Crippen MR) is 113 cm³/mol. The Labute approximate surface area is 164 Å². The van der Waals surface area contributed by atoms with Crippen LogP contribution in [0.3, 0.4) is 0 Å². The van der Waals surface area contributed by atoms with Gasteiger partial charge in [0.25, 0.3) is 11.8 Å². The summed E-state index contributed by atoms with van der Waals surface area (Å²) in [4.78, 5) is 24.6. The zero-order valence-electron chi connectivity index (χ0n) is 15.4. The lowest BCUT2D eigenvalue weighted by molar-refractivity contribution is 0.0956. The molecule has 3 N–H and O–H groups in total. The molecule has 0 radical (unpaired) electrons. The van der Waals surface area contributed by atoms with Crippen LogP contribution in [0.5, 0.6) is 0 Å². The fraction of sp³-hybridized carbons (Fsp3) is 0.190. The van der Waals surface area contributed by atoms with Gasteiger partial charge in [0.1, 0.15) is 0 Å². The van der Waals surface area contributed by atoms with Gasteiger partial charge >= 0.3 is 0 Å². The summed E-state index contributed by atoms with van der Waals surface area (Å²) in [5.41, 5.74) is 2.61. The zero-order chi connectivity index (χ0) is 19.8. The van der Waals surface area contributed by atoms with E-state index in [1.807, 2.05) is 12.1 Å². The SMILES string of the molecule is C=CCNC(=O)c1ccccc1NC(=S)NC(=O)c1ccc(C(C)C)cc1. The highest BCUT2D eigenvalue weighted by Gasteiger charge is 2.13. The smallest absolute Gasteiger partial charge is 0.257 e. The Morgan fingerprint density at radius 3 is 2.37 bits per heavy atom. The van der Waals surface area contributed by atoms with E-state index in [1.54, 1.807) is 42.5 Å². The lowest BCUT2D eigenvalue weighted by Gasteiger charge is -2.13. The van der Waals surface area contributed by atoms with E-state index < -0.39 is 0 Å². The molecule has 0 bridgehead atoms. The van der Waals surface area contributed by atoms with Crippen molar-refractivity contribution < 1.29 is 9.59 Å². The van der Waals surface area contributed by atoms with E-state index in [1.165, 1.54) is 0 Å². The third-order valence-electron chi connectivity index (χ3n) is 3.89. The molecule has 0 aromatic heterocycles. The summed E-state index contributed by atoms with van der Waals surface area (Å²) in [5.74, 6) is -0.165. The van der Waals surface area contributed by atoms with Gasteiger partial charge in [-0.05, 0) is 48.0 Å². The normalized spacial score (nSPS) is 10.2. The maximum Gasteiger partial charge on any atom is 0.257 e. The molecule has 0 atom stereocenters.